The van der Waals surface area contributed by atoms with E-state index in [-0.39, 0.29) is 56.0 Å². The number of fused-ring (bicyclic) bond motifs is 1. The Bertz CT molecular complexity index is 1800. The fourth-order valence-corrected chi connectivity index (χ4v) is 4.62. The number of anilines is 2. The van der Waals surface area contributed by atoms with Crippen LogP contribution in [0, 0.1) is 11.3 Å². The smallest absolute Gasteiger partial charge is 0.406 e. The summed E-state index contributed by atoms with van der Waals surface area (Å²) >= 11 is 0. The molecule has 0 unspecified atom stereocenters. The highest BCUT2D eigenvalue weighted by Gasteiger charge is 2.34. The molecule has 4 rings (SSSR count). The number of benzene rings is 2. The van der Waals surface area contributed by atoms with Crippen LogP contribution < -0.4 is 21.1 Å². The Labute approximate surface area is 245 Å². The molecule has 0 spiro atoms. The minimum Gasteiger partial charge on any atom is -0.496 e. The molecule has 44 heavy (non-hydrogen) atoms. The number of nitrogens with zero attached hydrogens (tertiary/aromatic N) is 3. The van der Waals surface area contributed by atoms with Crippen molar-refractivity contribution < 1.29 is 40.7 Å². The summed E-state index contributed by atoms with van der Waals surface area (Å²) in [5.74, 6) is -2.02. The van der Waals surface area contributed by atoms with Gasteiger partial charge in [-0.2, -0.15) is 31.6 Å². The number of rotatable bonds is 8. The van der Waals surface area contributed by atoms with Crippen molar-refractivity contribution in [1.29, 1.82) is 5.26 Å². The van der Waals surface area contributed by atoms with E-state index in [2.05, 4.69) is 16.9 Å². The van der Waals surface area contributed by atoms with Gasteiger partial charge in [0, 0.05) is 17.4 Å². The molecular weight excluding hydrogens is 594 g/mol. The summed E-state index contributed by atoms with van der Waals surface area (Å²) in [5.41, 5.74) is 6.25. The Morgan fingerprint density at radius 1 is 1.09 bits per heavy atom. The zero-order chi connectivity index (χ0) is 32.4. The maximum absolute atomic E-state index is 14.0. The molecule has 0 saturated carbocycles. The fraction of sp³-hybridized carbons (Fsp3) is 0.172. The highest BCUT2D eigenvalue weighted by molar-refractivity contribution is 6.11. The van der Waals surface area contributed by atoms with Gasteiger partial charge in [0.1, 0.15) is 30.7 Å². The predicted molar refractivity (Wildman–Crippen MR) is 150 cm³/mol. The van der Waals surface area contributed by atoms with Crippen molar-refractivity contribution in [1.82, 2.24) is 14.9 Å². The molecule has 2 amide bonds. The zero-order valence-electron chi connectivity index (χ0n) is 22.7. The number of pyridine rings is 1. The van der Waals surface area contributed by atoms with Crippen molar-refractivity contribution in [3.05, 3.63) is 72.4 Å². The number of methoxy groups -OCH3 is 1. The van der Waals surface area contributed by atoms with Gasteiger partial charge in [0.2, 0.25) is 5.91 Å². The average Bonchev–Trinajstić information content (AvgIpc) is 3.30. The lowest BCUT2D eigenvalue weighted by atomic mass is 9.96. The van der Waals surface area contributed by atoms with Crippen molar-refractivity contribution in [2.75, 3.05) is 24.7 Å². The number of nitrogens with one attached hydrogen (secondary N) is 2. The third-order valence-corrected chi connectivity index (χ3v) is 6.36. The Kier molecular flexibility index (Phi) is 8.57. The van der Waals surface area contributed by atoms with Gasteiger partial charge in [-0.05, 0) is 41.5 Å². The predicted octanol–water partition coefficient (Wildman–Crippen LogP) is 5.81. The summed E-state index contributed by atoms with van der Waals surface area (Å²) in [6.07, 6.45) is -7.36. The van der Waals surface area contributed by atoms with Gasteiger partial charge in [0.05, 0.1) is 34.8 Å². The zero-order valence-corrected chi connectivity index (χ0v) is 22.7. The molecule has 0 fully saturated rings. The molecule has 9 nitrogen and oxygen atoms in total. The average molecular weight is 617 g/mol. The van der Waals surface area contributed by atoms with Crippen LogP contribution in [0.1, 0.15) is 15.9 Å². The topological polar surface area (TPSA) is 135 Å². The second-order valence-corrected chi connectivity index (χ2v) is 9.30. The van der Waals surface area contributed by atoms with Gasteiger partial charge < -0.3 is 25.7 Å². The lowest BCUT2D eigenvalue weighted by Crippen LogP contribution is -2.33. The Morgan fingerprint density at radius 3 is 2.32 bits per heavy atom. The minimum absolute atomic E-state index is 0.0105. The second-order valence-electron chi connectivity index (χ2n) is 9.30. The van der Waals surface area contributed by atoms with Crippen molar-refractivity contribution in [2.24, 2.45) is 0 Å². The van der Waals surface area contributed by atoms with Gasteiger partial charge in [0.15, 0.2) is 0 Å². The highest BCUT2D eigenvalue weighted by Crippen LogP contribution is 2.46. The number of nitrogen functional groups attached to an aromatic ring is 1. The number of aromatic nitrogens is 2. The first-order chi connectivity index (χ1) is 20.7. The van der Waals surface area contributed by atoms with E-state index in [9.17, 15) is 41.2 Å². The van der Waals surface area contributed by atoms with E-state index in [1.807, 2.05) is 6.07 Å². The molecule has 2 aromatic heterocycles. The van der Waals surface area contributed by atoms with Crippen molar-refractivity contribution in [2.45, 2.75) is 18.9 Å². The van der Waals surface area contributed by atoms with E-state index in [1.54, 1.807) is 5.32 Å². The summed E-state index contributed by atoms with van der Waals surface area (Å²) in [4.78, 5) is 28.3. The molecule has 0 saturated heterocycles. The Balaban J connectivity index is 2.03. The van der Waals surface area contributed by atoms with Crippen LogP contribution in [0.15, 0.2) is 61.3 Å². The number of hydrogen-bond acceptors (Lipinski definition) is 6. The van der Waals surface area contributed by atoms with Crippen LogP contribution in [0.25, 0.3) is 33.3 Å². The van der Waals surface area contributed by atoms with Crippen LogP contribution in [0.4, 0.5) is 37.8 Å². The number of alkyl halides is 6. The van der Waals surface area contributed by atoms with E-state index in [1.165, 1.54) is 36.4 Å². The van der Waals surface area contributed by atoms with E-state index in [0.717, 1.165) is 30.0 Å². The van der Waals surface area contributed by atoms with Gasteiger partial charge in [-0.3, -0.25) is 9.59 Å². The third-order valence-electron chi connectivity index (χ3n) is 6.36. The fourth-order valence-electron chi connectivity index (χ4n) is 4.62. The maximum Gasteiger partial charge on any atom is 0.406 e. The molecule has 0 aliphatic carbocycles. The Morgan fingerprint density at radius 2 is 1.75 bits per heavy atom. The quantitative estimate of drug-likeness (QED) is 0.169. The van der Waals surface area contributed by atoms with Gasteiger partial charge in [-0.25, -0.2) is 4.98 Å². The maximum atomic E-state index is 14.0. The summed E-state index contributed by atoms with van der Waals surface area (Å²) in [5, 5.41) is 14.1. The summed E-state index contributed by atoms with van der Waals surface area (Å²) in [7, 11) is 1.16. The number of carbonyl (C=O) groups excluding carboxylic acids is 2. The van der Waals surface area contributed by atoms with E-state index >= 15 is 0 Å². The monoisotopic (exact) mass is 616 g/mol. The number of hydrogen-bond donors (Lipinski definition) is 3. The van der Waals surface area contributed by atoms with Gasteiger partial charge in [0.25, 0.3) is 5.91 Å². The number of nitrogens with two attached hydrogens (primary N) is 1. The first kappa shape index (κ1) is 31.4. The molecule has 0 aliphatic heterocycles. The van der Waals surface area contributed by atoms with Crippen molar-refractivity contribution in [3.63, 3.8) is 0 Å². The molecule has 2 aromatic carbocycles. The van der Waals surface area contributed by atoms with Crippen molar-refractivity contribution in [3.8, 4) is 34.2 Å². The first-order valence-electron chi connectivity index (χ1n) is 12.5. The summed E-state index contributed by atoms with van der Waals surface area (Å²) in [6.45, 7) is 0.219. The second kappa shape index (κ2) is 12.0. The number of halogens is 6. The molecule has 0 atom stereocenters. The highest BCUT2D eigenvalue weighted by atomic mass is 19.4. The van der Waals surface area contributed by atoms with E-state index in [4.69, 9.17) is 10.5 Å². The minimum atomic E-state index is -4.77. The van der Waals surface area contributed by atoms with Crippen LogP contribution >= 0.6 is 0 Å². The number of amides is 2. The van der Waals surface area contributed by atoms with Crippen LogP contribution in [0.3, 0.4) is 0 Å². The van der Waals surface area contributed by atoms with Gasteiger partial charge in [-0.1, -0.05) is 24.8 Å². The summed E-state index contributed by atoms with van der Waals surface area (Å²) in [6, 6.07) is 11.3. The molecule has 0 bridgehead atoms. The van der Waals surface area contributed by atoms with Gasteiger partial charge >= 0.3 is 12.4 Å². The molecule has 0 aliphatic rings. The normalized spacial score (nSPS) is 11.6. The van der Waals surface area contributed by atoms with E-state index in [0.29, 0.717) is 5.69 Å². The number of carbonyl (C=O) groups is 2. The lowest BCUT2D eigenvalue weighted by Gasteiger charge is -2.16. The lowest BCUT2D eigenvalue weighted by molar-refractivity contribution is -0.139. The molecule has 2 heterocycles. The molecular formula is C29H22F6N6O3. The first-order valence-corrected chi connectivity index (χ1v) is 12.5. The SMILES string of the molecule is C=CC(=O)Nc1ccc(-c2c(-c3ccc(C(=O)NCC(F)(F)F)c(OC)c3)c3c(N)ncc(C#N)c3n2CC(F)(F)F)cc1. The van der Waals surface area contributed by atoms with Crippen LogP contribution in [-0.4, -0.2) is 47.4 Å². The number of ether oxygens (including phenoxy) is 1. The molecule has 4 N–H and O–H groups in total. The van der Waals surface area contributed by atoms with Crippen molar-refractivity contribution >= 4 is 34.2 Å². The Hall–Kier alpha value is -5.52. The largest absolute Gasteiger partial charge is 0.496 e. The van der Waals surface area contributed by atoms with Crippen LogP contribution in [0.5, 0.6) is 5.75 Å². The molecule has 4 aromatic rings. The standard InChI is InChI=1S/C29H22F6N6O3/c1-3-21(42)40-18-7-4-15(5-8-18)24-22(16-6-9-19(20(10-16)44-2)27(43)39-13-28(30,31)32)23-25(41(24)14-29(33,34)35)17(11-36)12-38-26(23)37/h3-10,12H,1,13-14H2,2H3,(H2,37,38)(H,39,43)(H,40,42). The molecule has 15 heteroatoms. The molecule has 0 radical (unpaired) electrons. The third kappa shape index (κ3) is 6.59. The summed E-state index contributed by atoms with van der Waals surface area (Å²) < 4.78 is 86.3. The molecule has 228 valence electrons. The van der Waals surface area contributed by atoms with E-state index < -0.39 is 37.3 Å². The van der Waals surface area contributed by atoms with Crippen LogP contribution in [0.2, 0.25) is 0 Å². The van der Waals surface area contributed by atoms with Crippen LogP contribution in [-0.2, 0) is 11.3 Å². The number of nitriles is 1. The van der Waals surface area contributed by atoms with Gasteiger partial charge in [-0.15, -0.1) is 0 Å².